The lowest BCUT2D eigenvalue weighted by Gasteiger charge is -2.45. The molecule has 0 radical (unpaired) electrons. The van der Waals surface area contributed by atoms with Crippen molar-refractivity contribution in [3.63, 3.8) is 0 Å². The Kier molecular flexibility index (Phi) is 8.04. The van der Waals surface area contributed by atoms with Gasteiger partial charge in [0.2, 0.25) is 0 Å². The minimum absolute atomic E-state index is 0.126. The number of hydrogen-bond acceptors (Lipinski definition) is 8. The second-order valence-corrected chi connectivity index (χ2v) is 9.74. The Labute approximate surface area is 204 Å². The van der Waals surface area contributed by atoms with E-state index in [2.05, 4.69) is 5.32 Å². The minimum atomic E-state index is -0.761. The van der Waals surface area contributed by atoms with Gasteiger partial charge in [-0.25, -0.2) is 9.59 Å². The van der Waals surface area contributed by atoms with Gasteiger partial charge >= 0.3 is 12.1 Å². The molecule has 0 aromatic rings. The lowest BCUT2D eigenvalue weighted by atomic mass is 9.73. The molecule has 12 heteroatoms. The Morgan fingerprint density at radius 2 is 1.74 bits per heavy atom. The number of imide groups is 3. The Balaban J connectivity index is 1.73. The van der Waals surface area contributed by atoms with Crippen LogP contribution in [0.15, 0.2) is 11.4 Å². The highest BCUT2D eigenvalue weighted by atomic mass is 16.5. The van der Waals surface area contributed by atoms with Gasteiger partial charge in [0.1, 0.15) is 17.4 Å². The van der Waals surface area contributed by atoms with Crippen molar-refractivity contribution in [1.82, 2.24) is 20.0 Å². The van der Waals surface area contributed by atoms with Crippen LogP contribution in [0.25, 0.3) is 0 Å². The lowest BCUT2D eigenvalue weighted by Crippen LogP contribution is -2.61. The summed E-state index contributed by atoms with van der Waals surface area (Å²) in [6.45, 7) is 6.87. The molecule has 194 valence electrons. The molecule has 35 heavy (non-hydrogen) atoms. The van der Waals surface area contributed by atoms with Gasteiger partial charge in [0.15, 0.2) is 0 Å². The molecule has 2 heterocycles. The Hall–Kier alpha value is -3.15. The first-order valence-corrected chi connectivity index (χ1v) is 12.2. The molecule has 7 amide bonds. The van der Waals surface area contributed by atoms with Crippen LogP contribution >= 0.6 is 0 Å². The Morgan fingerprint density at radius 3 is 2.31 bits per heavy atom. The van der Waals surface area contributed by atoms with Crippen LogP contribution in [0.4, 0.5) is 9.59 Å². The average molecular weight is 493 g/mol. The zero-order valence-corrected chi connectivity index (χ0v) is 20.7. The number of nitrogens with zero attached hydrogens (tertiary/aromatic N) is 3. The van der Waals surface area contributed by atoms with E-state index in [1.165, 1.54) is 4.90 Å². The topological polar surface area (TPSA) is 168 Å². The second kappa shape index (κ2) is 10.6. The molecule has 1 aliphatic carbocycles. The number of carbonyl (C=O) groups is 5. The summed E-state index contributed by atoms with van der Waals surface area (Å²) >= 11 is 0. The van der Waals surface area contributed by atoms with Crippen molar-refractivity contribution in [3.05, 3.63) is 11.4 Å². The first-order valence-electron chi connectivity index (χ1n) is 12.2. The van der Waals surface area contributed by atoms with Crippen LogP contribution in [-0.2, 0) is 19.1 Å². The number of amides is 7. The number of hydrogen-bond donors (Lipinski definition) is 3. The monoisotopic (exact) mass is 492 g/mol. The van der Waals surface area contributed by atoms with Crippen LogP contribution in [0, 0.1) is 5.41 Å². The van der Waals surface area contributed by atoms with Crippen molar-refractivity contribution < 1.29 is 28.7 Å². The summed E-state index contributed by atoms with van der Waals surface area (Å²) in [5.74, 6) is -2.29. The van der Waals surface area contributed by atoms with Crippen molar-refractivity contribution >= 4 is 29.8 Å². The molecule has 2 aliphatic heterocycles. The Morgan fingerprint density at radius 1 is 1.09 bits per heavy atom. The number of rotatable bonds is 9. The van der Waals surface area contributed by atoms with Gasteiger partial charge in [-0.3, -0.25) is 29.5 Å². The van der Waals surface area contributed by atoms with E-state index in [4.69, 9.17) is 16.2 Å². The van der Waals surface area contributed by atoms with E-state index in [9.17, 15) is 24.0 Å². The minimum Gasteiger partial charge on any atom is -0.385 e. The van der Waals surface area contributed by atoms with E-state index in [1.807, 2.05) is 20.8 Å². The van der Waals surface area contributed by atoms with Crippen LogP contribution in [0.3, 0.4) is 0 Å². The highest BCUT2D eigenvalue weighted by molar-refractivity contribution is 6.29. The van der Waals surface area contributed by atoms with E-state index in [-0.39, 0.29) is 30.0 Å². The predicted octanol–water partition coefficient (Wildman–Crippen LogP) is 0.612. The van der Waals surface area contributed by atoms with E-state index in [0.29, 0.717) is 45.3 Å². The van der Waals surface area contributed by atoms with Crippen molar-refractivity contribution in [2.45, 2.75) is 71.4 Å². The van der Waals surface area contributed by atoms with Crippen molar-refractivity contribution in [1.29, 1.82) is 0 Å². The number of nitrogens with one attached hydrogen (secondary N) is 1. The molecular formula is C23H36N6O6. The fourth-order valence-electron chi connectivity index (χ4n) is 4.98. The lowest BCUT2D eigenvalue weighted by molar-refractivity contribution is -0.138. The van der Waals surface area contributed by atoms with Gasteiger partial charge in [-0.15, -0.1) is 0 Å². The largest absolute Gasteiger partial charge is 0.385 e. The standard InChI is InChI=1S/C23H36N6O6/c1-4-6-11-27-19(31)16(17(24)25)20(32)29(22(27)34)14-7-9-23(3,10-8-14)13-28-15(12-35-5-2)18(30)26-21(28)33/h14-15H,4-13,24-25H2,1-3H3,(H,26,30,33). The van der Waals surface area contributed by atoms with Crippen LogP contribution in [-0.4, -0.2) is 82.9 Å². The summed E-state index contributed by atoms with van der Waals surface area (Å²) in [6.07, 6.45) is 3.55. The maximum Gasteiger partial charge on any atom is 0.334 e. The average Bonchev–Trinajstić information content (AvgIpc) is 3.05. The third-order valence-corrected chi connectivity index (χ3v) is 7.08. The number of unbranched alkanes of at least 4 members (excludes halogenated alkanes) is 1. The smallest absolute Gasteiger partial charge is 0.334 e. The van der Waals surface area contributed by atoms with Gasteiger partial charge < -0.3 is 21.1 Å². The highest BCUT2D eigenvalue weighted by Crippen LogP contribution is 2.40. The molecule has 3 fully saturated rings. The second-order valence-electron chi connectivity index (χ2n) is 9.74. The zero-order valence-electron chi connectivity index (χ0n) is 20.7. The van der Waals surface area contributed by atoms with Gasteiger partial charge in [-0.2, -0.15) is 0 Å². The van der Waals surface area contributed by atoms with E-state index in [1.54, 1.807) is 0 Å². The molecule has 0 spiro atoms. The van der Waals surface area contributed by atoms with Gasteiger partial charge in [0, 0.05) is 25.7 Å². The van der Waals surface area contributed by atoms with Crippen LogP contribution in [0.5, 0.6) is 0 Å². The molecule has 5 N–H and O–H groups in total. The quantitative estimate of drug-likeness (QED) is 0.239. The summed E-state index contributed by atoms with van der Waals surface area (Å²) in [6, 6.07) is -2.19. The zero-order chi connectivity index (χ0) is 25.9. The first kappa shape index (κ1) is 26.5. The maximum atomic E-state index is 13.2. The van der Waals surface area contributed by atoms with Gasteiger partial charge in [-0.1, -0.05) is 20.3 Å². The van der Waals surface area contributed by atoms with E-state index >= 15 is 0 Å². The molecule has 1 saturated carbocycles. The number of nitrogens with two attached hydrogens (primary N) is 2. The van der Waals surface area contributed by atoms with E-state index < -0.39 is 41.8 Å². The summed E-state index contributed by atoms with van der Waals surface area (Å²) in [5, 5.41) is 2.35. The fraction of sp³-hybridized carbons (Fsp3) is 0.696. The molecule has 1 atom stereocenters. The predicted molar refractivity (Wildman–Crippen MR) is 125 cm³/mol. The summed E-state index contributed by atoms with van der Waals surface area (Å²) in [5.41, 5.74) is 10.6. The number of carbonyl (C=O) groups excluding carboxylic acids is 5. The highest BCUT2D eigenvalue weighted by Gasteiger charge is 2.49. The number of ether oxygens (including phenoxy) is 1. The number of urea groups is 2. The molecule has 1 unspecified atom stereocenters. The van der Waals surface area contributed by atoms with E-state index in [0.717, 1.165) is 16.2 Å². The van der Waals surface area contributed by atoms with Crippen LogP contribution in [0.1, 0.15) is 59.3 Å². The van der Waals surface area contributed by atoms with Crippen molar-refractivity contribution in [2.75, 3.05) is 26.3 Å². The fourth-order valence-corrected chi connectivity index (χ4v) is 4.98. The summed E-state index contributed by atoms with van der Waals surface area (Å²) in [7, 11) is 0. The molecule has 2 saturated heterocycles. The number of barbiturate groups is 1. The maximum absolute atomic E-state index is 13.2. The molecule has 0 aromatic carbocycles. The molecular weight excluding hydrogens is 456 g/mol. The van der Waals surface area contributed by atoms with Gasteiger partial charge in [-0.05, 0) is 44.4 Å². The Bertz CT molecular complexity index is 921. The van der Waals surface area contributed by atoms with Crippen molar-refractivity contribution in [3.8, 4) is 0 Å². The third-order valence-electron chi connectivity index (χ3n) is 7.08. The summed E-state index contributed by atoms with van der Waals surface area (Å²) in [4.78, 5) is 67.3. The summed E-state index contributed by atoms with van der Waals surface area (Å²) < 4.78 is 5.39. The normalized spacial score (nSPS) is 27.7. The van der Waals surface area contributed by atoms with Crippen LogP contribution < -0.4 is 16.8 Å². The molecule has 12 nitrogen and oxygen atoms in total. The molecule has 0 bridgehead atoms. The van der Waals surface area contributed by atoms with Gasteiger partial charge in [0.25, 0.3) is 17.7 Å². The molecule has 3 rings (SSSR count). The van der Waals surface area contributed by atoms with Crippen molar-refractivity contribution in [2.24, 2.45) is 16.9 Å². The van der Waals surface area contributed by atoms with Gasteiger partial charge in [0.05, 0.1) is 6.61 Å². The SMILES string of the molecule is CCCCN1C(=O)C(=C(N)N)C(=O)N(C2CCC(C)(CN3C(=O)NC(=O)C3COCC)CC2)C1=O. The van der Waals surface area contributed by atoms with Crippen LogP contribution in [0.2, 0.25) is 0 Å². The molecule has 3 aliphatic rings. The molecule has 0 aromatic heterocycles. The first-order chi connectivity index (χ1) is 16.5. The third kappa shape index (κ3) is 5.26.